The standard InChI is InChI=1S/C12H10BrNO/c1-3-9-7(2)10-6-8(13)4-5-11(10)14-12(9)15/h3-6H,1H2,2H3,(H,14,15). The lowest BCUT2D eigenvalue weighted by molar-refractivity contribution is 1.26. The van der Waals surface area contributed by atoms with Gasteiger partial charge in [-0.1, -0.05) is 28.6 Å². The lowest BCUT2D eigenvalue weighted by atomic mass is 10.1. The number of nitrogens with one attached hydrogen (secondary N) is 1. The van der Waals surface area contributed by atoms with Crippen molar-refractivity contribution in [3.8, 4) is 0 Å². The van der Waals surface area contributed by atoms with Crippen LogP contribution in [0.5, 0.6) is 0 Å². The zero-order chi connectivity index (χ0) is 11.0. The van der Waals surface area contributed by atoms with Gasteiger partial charge in [0.2, 0.25) is 0 Å². The third-order valence-corrected chi connectivity index (χ3v) is 2.98. The lowest BCUT2D eigenvalue weighted by Crippen LogP contribution is -2.11. The molecule has 2 rings (SSSR count). The van der Waals surface area contributed by atoms with Gasteiger partial charge in [-0.25, -0.2) is 0 Å². The maximum absolute atomic E-state index is 11.6. The fraction of sp³-hybridized carbons (Fsp3) is 0.0833. The Labute approximate surface area is 95.8 Å². The minimum Gasteiger partial charge on any atom is -0.321 e. The minimum absolute atomic E-state index is 0.0858. The molecule has 0 aliphatic rings. The first-order valence-corrected chi connectivity index (χ1v) is 5.37. The second-order valence-electron chi connectivity index (χ2n) is 3.39. The SMILES string of the molecule is C=Cc1c(C)c2cc(Br)ccc2[nH]c1=O. The van der Waals surface area contributed by atoms with Gasteiger partial charge in [-0.05, 0) is 30.7 Å². The van der Waals surface area contributed by atoms with Crippen molar-refractivity contribution in [2.24, 2.45) is 0 Å². The number of hydrogen-bond donors (Lipinski definition) is 1. The summed E-state index contributed by atoms with van der Waals surface area (Å²) in [6.07, 6.45) is 1.59. The van der Waals surface area contributed by atoms with Gasteiger partial charge in [0, 0.05) is 20.9 Å². The smallest absolute Gasteiger partial charge is 0.255 e. The average molecular weight is 264 g/mol. The van der Waals surface area contributed by atoms with Crippen LogP contribution in [0, 0.1) is 6.92 Å². The van der Waals surface area contributed by atoms with E-state index in [-0.39, 0.29) is 5.56 Å². The molecular weight excluding hydrogens is 254 g/mol. The zero-order valence-electron chi connectivity index (χ0n) is 8.30. The van der Waals surface area contributed by atoms with Gasteiger partial charge in [0.1, 0.15) is 0 Å². The van der Waals surface area contributed by atoms with Crippen LogP contribution in [0.2, 0.25) is 0 Å². The van der Waals surface area contributed by atoms with Crippen LogP contribution in [-0.2, 0) is 0 Å². The molecule has 1 aromatic heterocycles. The van der Waals surface area contributed by atoms with Gasteiger partial charge in [0.25, 0.3) is 5.56 Å². The highest BCUT2D eigenvalue weighted by atomic mass is 79.9. The summed E-state index contributed by atoms with van der Waals surface area (Å²) in [5.41, 5.74) is 2.37. The monoisotopic (exact) mass is 263 g/mol. The van der Waals surface area contributed by atoms with E-state index < -0.39 is 0 Å². The van der Waals surface area contributed by atoms with Gasteiger partial charge in [-0.3, -0.25) is 4.79 Å². The number of fused-ring (bicyclic) bond motifs is 1. The van der Waals surface area contributed by atoms with E-state index in [1.54, 1.807) is 6.08 Å². The van der Waals surface area contributed by atoms with Crippen LogP contribution in [0.1, 0.15) is 11.1 Å². The van der Waals surface area contributed by atoms with Crippen molar-refractivity contribution in [3.05, 3.63) is 50.7 Å². The van der Waals surface area contributed by atoms with Crippen LogP contribution in [0.25, 0.3) is 17.0 Å². The van der Waals surface area contributed by atoms with Gasteiger partial charge in [-0.2, -0.15) is 0 Å². The Bertz CT molecular complexity index is 598. The maximum atomic E-state index is 11.6. The molecule has 15 heavy (non-hydrogen) atoms. The molecule has 0 aliphatic carbocycles. The first kappa shape index (κ1) is 10.2. The Morgan fingerprint density at radius 3 is 2.87 bits per heavy atom. The number of aromatic amines is 1. The van der Waals surface area contributed by atoms with Gasteiger partial charge in [0.05, 0.1) is 0 Å². The second-order valence-corrected chi connectivity index (χ2v) is 4.30. The van der Waals surface area contributed by atoms with Crippen molar-refractivity contribution in [1.82, 2.24) is 4.98 Å². The quantitative estimate of drug-likeness (QED) is 0.842. The van der Waals surface area contributed by atoms with E-state index >= 15 is 0 Å². The summed E-state index contributed by atoms with van der Waals surface area (Å²) in [6, 6.07) is 5.79. The predicted octanol–water partition coefficient (Wildman–Crippen LogP) is 3.24. The topological polar surface area (TPSA) is 32.9 Å². The first-order valence-electron chi connectivity index (χ1n) is 4.58. The molecule has 76 valence electrons. The van der Waals surface area contributed by atoms with E-state index in [0.29, 0.717) is 5.56 Å². The second kappa shape index (κ2) is 3.66. The van der Waals surface area contributed by atoms with Crippen LogP contribution >= 0.6 is 15.9 Å². The van der Waals surface area contributed by atoms with Crippen molar-refractivity contribution in [1.29, 1.82) is 0 Å². The average Bonchev–Trinajstić information content (AvgIpc) is 2.20. The molecule has 1 N–H and O–H groups in total. The Kier molecular flexibility index (Phi) is 2.49. The molecular formula is C12H10BrNO. The molecule has 0 atom stereocenters. The number of rotatable bonds is 1. The molecule has 0 saturated heterocycles. The molecule has 1 aromatic carbocycles. The highest BCUT2D eigenvalue weighted by Gasteiger charge is 2.05. The summed E-state index contributed by atoms with van der Waals surface area (Å²) in [4.78, 5) is 14.5. The van der Waals surface area contributed by atoms with Crippen molar-refractivity contribution in [3.63, 3.8) is 0 Å². The maximum Gasteiger partial charge on any atom is 0.255 e. The van der Waals surface area contributed by atoms with E-state index in [9.17, 15) is 4.79 Å². The van der Waals surface area contributed by atoms with Gasteiger partial charge in [0.15, 0.2) is 0 Å². The van der Waals surface area contributed by atoms with Gasteiger partial charge >= 0.3 is 0 Å². The van der Waals surface area contributed by atoms with Gasteiger partial charge < -0.3 is 4.98 Å². The normalized spacial score (nSPS) is 10.5. The van der Waals surface area contributed by atoms with Crippen molar-refractivity contribution in [2.45, 2.75) is 6.92 Å². The van der Waals surface area contributed by atoms with Crippen molar-refractivity contribution in [2.75, 3.05) is 0 Å². The highest BCUT2D eigenvalue weighted by Crippen LogP contribution is 2.22. The molecule has 0 spiro atoms. The number of aromatic nitrogens is 1. The fourth-order valence-electron chi connectivity index (χ4n) is 1.69. The summed E-state index contributed by atoms with van der Waals surface area (Å²) in [7, 11) is 0. The molecule has 0 amide bonds. The molecule has 0 unspecified atom stereocenters. The molecule has 2 nitrogen and oxygen atoms in total. The van der Waals surface area contributed by atoms with E-state index in [0.717, 1.165) is 20.9 Å². The Hall–Kier alpha value is -1.35. The van der Waals surface area contributed by atoms with E-state index in [4.69, 9.17) is 0 Å². The van der Waals surface area contributed by atoms with Crippen LogP contribution in [-0.4, -0.2) is 4.98 Å². The van der Waals surface area contributed by atoms with Crippen LogP contribution in [0.4, 0.5) is 0 Å². The van der Waals surface area contributed by atoms with Crippen molar-refractivity contribution >= 4 is 32.9 Å². The Morgan fingerprint density at radius 1 is 1.47 bits per heavy atom. The molecule has 3 heteroatoms. The molecule has 0 fully saturated rings. The summed E-state index contributed by atoms with van der Waals surface area (Å²) in [6.45, 7) is 5.58. The fourth-order valence-corrected chi connectivity index (χ4v) is 2.05. The molecule has 0 aliphatic heterocycles. The van der Waals surface area contributed by atoms with Crippen molar-refractivity contribution < 1.29 is 0 Å². The summed E-state index contributed by atoms with van der Waals surface area (Å²) in [5, 5.41) is 1.04. The summed E-state index contributed by atoms with van der Waals surface area (Å²) >= 11 is 3.41. The molecule has 0 saturated carbocycles. The number of hydrogen-bond acceptors (Lipinski definition) is 1. The minimum atomic E-state index is -0.0858. The van der Waals surface area contributed by atoms with Crippen LogP contribution in [0.15, 0.2) is 34.0 Å². The van der Waals surface area contributed by atoms with Gasteiger partial charge in [-0.15, -0.1) is 0 Å². The Morgan fingerprint density at radius 2 is 2.20 bits per heavy atom. The van der Waals surface area contributed by atoms with Crippen LogP contribution < -0.4 is 5.56 Å². The van der Waals surface area contributed by atoms with E-state index in [2.05, 4.69) is 27.5 Å². The molecule has 2 aromatic rings. The Balaban J connectivity index is 2.98. The summed E-state index contributed by atoms with van der Waals surface area (Å²) < 4.78 is 1.00. The third-order valence-electron chi connectivity index (χ3n) is 2.49. The summed E-state index contributed by atoms with van der Waals surface area (Å²) in [5.74, 6) is 0. The zero-order valence-corrected chi connectivity index (χ0v) is 9.89. The first-order chi connectivity index (χ1) is 7.13. The molecule has 0 radical (unpaired) electrons. The third kappa shape index (κ3) is 1.63. The number of aryl methyl sites for hydroxylation is 1. The number of benzene rings is 1. The molecule has 1 heterocycles. The largest absolute Gasteiger partial charge is 0.321 e. The number of pyridine rings is 1. The number of halogens is 1. The molecule has 0 bridgehead atoms. The van der Waals surface area contributed by atoms with Crippen LogP contribution in [0.3, 0.4) is 0 Å². The predicted molar refractivity (Wildman–Crippen MR) is 67.1 cm³/mol. The highest BCUT2D eigenvalue weighted by molar-refractivity contribution is 9.10. The number of H-pyrrole nitrogens is 1. The van der Waals surface area contributed by atoms with E-state index in [1.165, 1.54) is 0 Å². The lowest BCUT2D eigenvalue weighted by Gasteiger charge is -2.05. The van der Waals surface area contributed by atoms with E-state index in [1.807, 2.05) is 25.1 Å².